The number of carbonyl (C=O) groups excluding carboxylic acids is 1. The Kier molecular flexibility index (Phi) is 8.85. The molecule has 1 amide bonds. The van der Waals surface area contributed by atoms with E-state index in [4.69, 9.17) is 0 Å². The van der Waals surface area contributed by atoms with Crippen molar-refractivity contribution in [3.63, 3.8) is 0 Å². The van der Waals surface area contributed by atoms with Crippen LogP contribution in [0.5, 0.6) is 0 Å². The number of guanidine groups is 1. The van der Waals surface area contributed by atoms with Crippen LogP contribution in [0, 0.1) is 0 Å². The van der Waals surface area contributed by atoms with Crippen molar-refractivity contribution in [2.24, 2.45) is 4.99 Å². The summed E-state index contributed by atoms with van der Waals surface area (Å²) in [6, 6.07) is 4.75. The van der Waals surface area contributed by atoms with Crippen LogP contribution < -0.4 is 10.6 Å². The molecule has 1 aromatic heterocycles. The monoisotopic (exact) mass is 504 g/mol. The van der Waals surface area contributed by atoms with Crippen molar-refractivity contribution in [3.05, 3.63) is 22.4 Å². The third kappa shape index (κ3) is 5.59. The molecule has 1 aromatic rings. The molecule has 1 unspecified atom stereocenters. The molecule has 2 aliphatic rings. The Bertz CT molecular complexity index is 614. The second-order valence-electron chi connectivity index (χ2n) is 7.57. The molecule has 27 heavy (non-hydrogen) atoms. The van der Waals surface area contributed by atoms with Gasteiger partial charge in [-0.15, -0.1) is 35.3 Å². The van der Waals surface area contributed by atoms with E-state index in [0.717, 1.165) is 32.0 Å². The molecule has 2 N–H and O–H groups in total. The smallest absolute Gasteiger partial charge is 0.222 e. The molecule has 1 saturated heterocycles. The summed E-state index contributed by atoms with van der Waals surface area (Å²) in [6.07, 6.45) is 8.04. The zero-order valence-electron chi connectivity index (χ0n) is 16.5. The number of hydrogen-bond donors (Lipinski definition) is 2. The van der Waals surface area contributed by atoms with E-state index >= 15 is 0 Å². The highest BCUT2D eigenvalue weighted by atomic mass is 127. The predicted octanol–water partition coefficient (Wildman–Crippen LogP) is 3.74. The van der Waals surface area contributed by atoms with Crippen LogP contribution >= 0.6 is 35.3 Å². The van der Waals surface area contributed by atoms with E-state index < -0.39 is 0 Å². The summed E-state index contributed by atoms with van der Waals surface area (Å²) in [4.78, 5) is 19.8. The van der Waals surface area contributed by atoms with Gasteiger partial charge in [0.25, 0.3) is 0 Å². The molecule has 2 heterocycles. The molecule has 0 spiro atoms. The van der Waals surface area contributed by atoms with Crippen molar-refractivity contribution >= 4 is 47.2 Å². The zero-order chi connectivity index (χ0) is 18.4. The Hall–Kier alpha value is -0.830. The van der Waals surface area contributed by atoms with Gasteiger partial charge < -0.3 is 15.5 Å². The first-order valence-corrected chi connectivity index (χ1v) is 10.8. The first-order valence-electron chi connectivity index (χ1n) is 9.96. The molecule has 3 rings (SSSR count). The topological polar surface area (TPSA) is 56.7 Å². The molecule has 152 valence electrons. The molecule has 1 aliphatic carbocycles. The number of hydrogen-bond acceptors (Lipinski definition) is 3. The number of rotatable bonds is 5. The number of thiophene rings is 1. The fourth-order valence-electron chi connectivity index (χ4n) is 4.29. The third-order valence-electron chi connectivity index (χ3n) is 5.86. The number of carbonyl (C=O) groups is 1. The summed E-state index contributed by atoms with van der Waals surface area (Å²) in [7, 11) is 1.83. The Morgan fingerprint density at radius 2 is 2.15 bits per heavy atom. The highest BCUT2D eigenvalue weighted by Gasteiger charge is 2.35. The van der Waals surface area contributed by atoms with Crippen molar-refractivity contribution < 1.29 is 4.79 Å². The van der Waals surface area contributed by atoms with Crippen LogP contribution in [0.1, 0.15) is 56.7 Å². The Morgan fingerprint density at radius 1 is 1.37 bits per heavy atom. The molecule has 2 fully saturated rings. The summed E-state index contributed by atoms with van der Waals surface area (Å²) in [5, 5.41) is 9.31. The number of aliphatic imine (C=N–C) groups is 1. The summed E-state index contributed by atoms with van der Waals surface area (Å²) in [5.74, 6) is 1.11. The number of amides is 1. The van der Waals surface area contributed by atoms with Crippen LogP contribution in [0.2, 0.25) is 0 Å². The van der Waals surface area contributed by atoms with E-state index in [1.54, 1.807) is 0 Å². The minimum absolute atomic E-state index is 0. The highest BCUT2D eigenvalue weighted by molar-refractivity contribution is 14.0. The van der Waals surface area contributed by atoms with Gasteiger partial charge in [0.2, 0.25) is 5.91 Å². The molecule has 7 heteroatoms. The molecular formula is C20H33IN4OS. The maximum absolute atomic E-state index is 11.9. The standard InChI is InChI=1S/C20H32N4OS.HI/c1-3-18(25)24-12-9-16(14-24)23-19(21-2)22-15-20(10-5-4-6-11-20)17-8-7-13-26-17;/h7-8,13,16H,3-6,9-12,14-15H2,1-2H3,(H2,21,22,23);1H. The van der Waals surface area contributed by atoms with Gasteiger partial charge in [-0.05, 0) is 30.7 Å². The first kappa shape index (κ1) is 22.5. The van der Waals surface area contributed by atoms with Crippen molar-refractivity contribution in [1.82, 2.24) is 15.5 Å². The minimum atomic E-state index is 0. The summed E-state index contributed by atoms with van der Waals surface area (Å²) >= 11 is 1.88. The maximum Gasteiger partial charge on any atom is 0.222 e. The van der Waals surface area contributed by atoms with E-state index in [1.807, 2.05) is 30.2 Å². The average molecular weight is 504 g/mol. The highest BCUT2D eigenvalue weighted by Crippen LogP contribution is 2.41. The van der Waals surface area contributed by atoms with Crippen molar-refractivity contribution in [2.75, 3.05) is 26.7 Å². The van der Waals surface area contributed by atoms with Crippen LogP contribution in [-0.2, 0) is 10.2 Å². The SMILES string of the molecule is CCC(=O)N1CCC(NC(=NC)NCC2(c3cccs3)CCCCC2)C1.I. The lowest BCUT2D eigenvalue weighted by atomic mass is 9.73. The number of halogens is 1. The molecule has 0 bridgehead atoms. The van der Waals surface area contributed by atoms with Crippen LogP contribution in [-0.4, -0.2) is 49.5 Å². The summed E-state index contributed by atoms with van der Waals surface area (Å²) < 4.78 is 0. The van der Waals surface area contributed by atoms with Gasteiger partial charge in [-0.1, -0.05) is 32.3 Å². The van der Waals surface area contributed by atoms with Crippen LogP contribution in [0.25, 0.3) is 0 Å². The lowest BCUT2D eigenvalue weighted by molar-refractivity contribution is -0.129. The van der Waals surface area contributed by atoms with Gasteiger partial charge >= 0.3 is 0 Å². The lowest BCUT2D eigenvalue weighted by Gasteiger charge is -2.37. The van der Waals surface area contributed by atoms with Gasteiger partial charge in [0.1, 0.15) is 0 Å². The number of nitrogens with zero attached hydrogens (tertiary/aromatic N) is 2. The molecule has 5 nitrogen and oxygen atoms in total. The second kappa shape index (κ2) is 10.6. The Balaban J connectivity index is 0.00000261. The van der Waals surface area contributed by atoms with Gasteiger partial charge in [0.05, 0.1) is 0 Å². The zero-order valence-corrected chi connectivity index (χ0v) is 19.6. The van der Waals surface area contributed by atoms with E-state index in [1.165, 1.54) is 37.0 Å². The Labute approximate surface area is 184 Å². The minimum Gasteiger partial charge on any atom is -0.355 e. The van der Waals surface area contributed by atoms with Crippen molar-refractivity contribution in [1.29, 1.82) is 0 Å². The predicted molar refractivity (Wildman–Crippen MR) is 124 cm³/mol. The quantitative estimate of drug-likeness (QED) is 0.365. The van der Waals surface area contributed by atoms with E-state index in [-0.39, 0.29) is 35.3 Å². The van der Waals surface area contributed by atoms with Gasteiger partial charge in [-0.25, -0.2) is 0 Å². The van der Waals surface area contributed by atoms with Gasteiger partial charge in [-0.2, -0.15) is 0 Å². The molecule has 1 aliphatic heterocycles. The molecule has 1 saturated carbocycles. The van der Waals surface area contributed by atoms with E-state index in [0.29, 0.717) is 12.5 Å². The largest absolute Gasteiger partial charge is 0.355 e. The van der Waals surface area contributed by atoms with Crippen LogP contribution in [0.15, 0.2) is 22.5 Å². The summed E-state index contributed by atoms with van der Waals surface area (Å²) in [6.45, 7) is 4.49. The van der Waals surface area contributed by atoms with Crippen molar-refractivity contribution in [2.45, 2.75) is 63.3 Å². The molecular weight excluding hydrogens is 471 g/mol. The van der Waals surface area contributed by atoms with Crippen LogP contribution in [0.4, 0.5) is 0 Å². The van der Waals surface area contributed by atoms with Gasteiger partial charge in [0, 0.05) is 49.4 Å². The normalized spacial score (nSPS) is 22.2. The fourth-order valence-corrected chi connectivity index (χ4v) is 5.28. The third-order valence-corrected chi connectivity index (χ3v) is 6.97. The lowest BCUT2D eigenvalue weighted by Crippen LogP contribution is -2.49. The number of nitrogens with one attached hydrogen (secondary N) is 2. The Morgan fingerprint density at radius 3 is 2.78 bits per heavy atom. The average Bonchev–Trinajstić information content (AvgIpc) is 3.37. The number of likely N-dealkylation sites (tertiary alicyclic amines) is 1. The molecule has 0 radical (unpaired) electrons. The maximum atomic E-state index is 11.9. The molecule has 0 aromatic carbocycles. The van der Waals surface area contributed by atoms with E-state index in [2.05, 4.69) is 33.1 Å². The summed E-state index contributed by atoms with van der Waals surface area (Å²) in [5.41, 5.74) is 0.240. The molecule has 1 atom stereocenters. The first-order chi connectivity index (χ1) is 12.7. The van der Waals surface area contributed by atoms with Gasteiger partial charge in [0.15, 0.2) is 5.96 Å². The van der Waals surface area contributed by atoms with Gasteiger partial charge in [-0.3, -0.25) is 9.79 Å². The van der Waals surface area contributed by atoms with E-state index in [9.17, 15) is 4.79 Å². The van der Waals surface area contributed by atoms with Crippen LogP contribution in [0.3, 0.4) is 0 Å². The fraction of sp³-hybridized carbons (Fsp3) is 0.700. The van der Waals surface area contributed by atoms with Crippen molar-refractivity contribution in [3.8, 4) is 0 Å². The second-order valence-corrected chi connectivity index (χ2v) is 8.51.